The van der Waals surface area contributed by atoms with E-state index in [4.69, 9.17) is 19.4 Å². The molecule has 160 valence electrons. The normalized spacial score (nSPS) is 16.8. The number of rotatable bonds is 6. The first-order valence-corrected chi connectivity index (χ1v) is 11.3. The summed E-state index contributed by atoms with van der Waals surface area (Å²) in [5, 5.41) is 7.70. The maximum absolute atomic E-state index is 6.06. The Morgan fingerprint density at radius 1 is 1.23 bits per heavy atom. The molecule has 0 bridgehead atoms. The maximum atomic E-state index is 6.06. The van der Waals surface area contributed by atoms with Crippen LogP contribution in [0.2, 0.25) is 0 Å². The van der Waals surface area contributed by atoms with Crippen molar-refractivity contribution in [3.05, 3.63) is 59.5 Å². The number of thiophene rings is 1. The molecular weight excluding hydrogens is 410 g/mol. The third-order valence-electron chi connectivity index (χ3n) is 5.41. The number of fused-ring (bicyclic) bond motifs is 1. The number of nitrogens with zero attached hydrogens (tertiary/aromatic N) is 5. The molecule has 4 aromatic rings. The summed E-state index contributed by atoms with van der Waals surface area (Å²) in [5.41, 5.74) is 3.50. The Morgan fingerprint density at radius 2 is 2.10 bits per heavy atom. The predicted octanol–water partition coefficient (Wildman–Crippen LogP) is 3.92. The number of hydrogen-bond acceptors (Lipinski definition) is 7. The van der Waals surface area contributed by atoms with E-state index < -0.39 is 0 Å². The zero-order valence-electron chi connectivity index (χ0n) is 17.7. The topological polar surface area (TPSA) is 65.3 Å². The highest BCUT2D eigenvalue weighted by atomic mass is 32.1. The second-order valence-electron chi connectivity index (χ2n) is 7.77. The predicted molar refractivity (Wildman–Crippen MR) is 122 cm³/mol. The smallest absolute Gasteiger partial charge is 0.158 e. The summed E-state index contributed by atoms with van der Waals surface area (Å²) in [4.78, 5) is 13.0. The van der Waals surface area contributed by atoms with Crippen LogP contribution in [0.25, 0.3) is 21.3 Å². The van der Waals surface area contributed by atoms with Gasteiger partial charge >= 0.3 is 0 Å². The van der Waals surface area contributed by atoms with Crippen molar-refractivity contribution in [2.45, 2.75) is 26.2 Å². The van der Waals surface area contributed by atoms with Gasteiger partial charge in [-0.2, -0.15) is 5.10 Å². The van der Waals surface area contributed by atoms with Crippen LogP contribution in [0.4, 0.5) is 5.82 Å². The first-order chi connectivity index (χ1) is 15.2. The van der Waals surface area contributed by atoms with Crippen LogP contribution in [-0.4, -0.2) is 52.7 Å². The van der Waals surface area contributed by atoms with Gasteiger partial charge in [0.1, 0.15) is 17.3 Å². The molecule has 0 amide bonds. The molecule has 1 saturated heterocycles. The van der Waals surface area contributed by atoms with Crippen molar-refractivity contribution >= 4 is 27.4 Å². The fourth-order valence-electron chi connectivity index (χ4n) is 4.02. The van der Waals surface area contributed by atoms with Crippen LogP contribution in [0, 0.1) is 6.92 Å². The van der Waals surface area contributed by atoms with Crippen molar-refractivity contribution in [3.8, 4) is 11.1 Å². The zero-order chi connectivity index (χ0) is 21.2. The molecule has 0 saturated carbocycles. The zero-order valence-corrected chi connectivity index (χ0v) is 18.5. The molecule has 8 heteroatoms. The highest BCUT2D eigenvalue weighted by molar-refractivity contribution is 7.17. The number of methoxy groups -OCH3 is 1. The van der Waals surface area contributed by atoms with Gasteiger partial charge in [-0.3, -0.25) is 4.68 Å². The van der Waals surface area contributed by atoms with Crippen LogP contribution in [0.1, 0.15) is 11.4 Å². The van der Waals surface area contributed by atoms with Crippen LogP contribution >= 0.6 is 11.3 Å². The minimum absolute atomic E-state index is 0.0442. The van der Waals surface area contributed by atoms with Crippen molar-refractivity contribution in [2.24, 2.45) is 0 Å². The Hall–Kier alpha value is -2.81. The molecule has 31 heavy (non-hydrogen) atoms. The summed E-state index contributed by atoms with van der Waals surface area (Å²) < 4.78 is 13.4. The van der Waals surface area contributed by atoms with Crippen LogP contribution in [0.15, 0.2) is 48.1 Å². The van der Waals surface area contributed by atoms with Gasteiger partial charge in [-0.25, -0.2) is 9.97 Å². The molecule has 3 aromatic heterocycles. The minimum Gasteiger partial charge on any atom is -0.377 e. The van der Waals surface area contributed by atoms with E-state index in [0.29, 0.717) is 19.0 Å². The van der Waals surface area contributed by atoms with E-state index in [2.05, 4.69) is 39.6 Å². The Balaban J connectivity index is 1.53. The number of ether oxygens (including phenoxy) is 2. The lowest BCUT2D eigenvalue weighted by molar-refractivity contribution is 0.0272. The average Bonchev–Trinajstić information content (AvgIpc) is 3.40. The average molecular weight is 436 g/mol. The van der Waals surface area contributed by atoms with E-state index in [-0.39, 0.29) is 6.10 Å². The molecule has 1 aliphatic heterocycles. The van der Waals surface area contributed by atoms with Gasteiger partial charge in [0.25, 0.3) is 0 Å². The summed E-state index contributed by atoms with van der Waals surface area (Å²) in [6.45, 7) is 5.36. The van der Waals surface area contributed by atoms with Gasteiger partial charge in [0.15, 0.2) is 5.82 Å². The van der Waals surface area contributed by atoms with Crippen molar-refractivity contribution in [1.29, 1.82) is 0 Å². The van der Waals surface area contributed by atoms with Gasteiger partial charge in [-0.1, -0.05) is 30.3 Å². The van der Waals surface area contributed by atoms with Gasteiger partial charge in [0.2, 0.25) is 0 Å². The lowest BCUT2D eigenvalue weighted by Gasteiger charge is -2.34. The number of benzene rings is 1. The Labute approximate surface area is 185 Å². The molecule has 1 atom stereocenters. The van der Waals surface area contributed by atoms with E-state index in [1.165, 1.54) is 11.1 Å². The highest BCUT2D eigenvalue weighted by Gasteiger charge is 2.26. The van der Waals surface area contributed by atoms with Gasteiger partial charge in [0, 0.05) is 37.3 Å². The van der Waals surface area contributed by atoms with Crippen molar-refractivity contribution in [1.82, 2.24) is 19.7 Å². The van der Waals surface area contributed by atoms with Gasteiger partial charge in [-0.05, 0) is 18.1 Å². The Morgan fingerprint density at radius 3 is 2.87 bits per heavy atom. The molecule has 0 radical (unpaired) electrons. The molecule has 5 rings (SSSR count). The molecule has 7 nitrogen and oxygen atoms in total. The SMILES string of the molecule is COCc1nc(N2CCOC(Cn3cc(C)cn3)C2)c2c(-c3ccccc3)csc2n1. The molecular formula is C23H25N5O2S. The second kappa shape index (κ2) is 8.74. The van der Waals surface area contributed by atoms with Crippen LogP contribution in [0.5, 0.6) is 0 Å². The minimum atomic E-state index is 0.0442. The molecule has 0 aliphatic carbocycles. The van der Waals surface area contributed by atoms with E-state index in [1.54, 1.807) is 18.4 Å². The van der Waals surface area contributed by atoms with Crippen LogP contribution < -0.4 is 4.90 Å². The number of morpholine rings is 1. The third kappa shape index (κ3) is 4.19. The van der Waals surface area contributed by atoms with E-state index in [9.17, 15) is 0 Å². The molecule has 4 heterocycles. The second-order valence-corrected chi connectivity index (χ2v) is 8.63. The van der Waals surface area contributed by atoms with Crippen LogP contribution in [0.3, 0.4) is 0 Å². The summed E-state index contributed by atoms with van der Waals surface area (Å²) in [7, 11) is 1.67. The summed E-state index contributed by atoms with van der Waals surface area (Å²) >= 11 is 1.65. The summed E-state index contributed by atoms with van der Waals surface area (Å²) in [6.07, 6.45) is 3.97. The summed E-state index contributed by atoms with van der Waals surface area (Å²) in [5.74, 6) is 1.67. The standard InChI is InChI=1S/C23H25N5O2S/c1-16-10-24-28(11-16)13-18-12-27(8-9-30-18)22-21-19(17-6-4-3-5-7-17)15-31-23(21)26-20(25-22)14-29-2/h3-7,10-11,15,18H,8-9,12-14H2,1-2H3. The van der Waals surface area contributed by atoms with E-state index >= 15 is 0 Å². The van der Waals surface area contributed by atoms with Crippen molar-refractivity contribution < 1.29 is 9.47 Å². The van der Waals surface area contributed by atoms with Crippen molar-refractivity contribution in [2.75, 3.05) is 31.7 Å². The first-order valence-electron chi connectivity index (χ1n) is 10.4. The highest BCUT2D eigenvalue weighted by Crippen LogP contribution is 2.38. The quantitative estimate of drug-likeness (QED) is 0.457. The molecule has 1 unspecified atom stereocenters. The largest absolute Gasteiger partial charge is 0.377 e. The number of aromatic nitrogens is 4. The monoisotopic (exact) mass is 435 g/mol. The Kier molecular flexibility index (Phi) is 5.67. The number of hydrogen-bond donors (Lipinski definition) is 0. The third-order valence-corrected chi connectivity index (χ3v) is 6.28. The molecule has 0 N–H and O–H groups in total. The molecule has 1 aliphatic rings. The van der Waals surface area contributed by atoms with Gasteiger partial charge in [-0.15, -0.1) is 11.3 Å². The van der Waals surface area contributed by atoms with Gasteiger partial charge < -0.3 is 14.4 Å². The molecule has 1 fully saturated rings. The van der Waals surface area contributed by atoms with E-state index in [1.807, 2.05) is 30.1 Å². The number of anilines is 1. The fourth-order valence-corrected chi connectivity index (χ4v) is 4.98. The fraction of sp³-hybridized carbons (Fsp3) is 0.348. The maximum Gasteiger partial charge on any atom is 0.158 e. The van der Waals surface area contributed by atoms with Crippen LogP contribution in [-0.2, 0) is 22.6 Å². The summed E-state index contributed by atoms with van der Waals surface area (Å²) in [6, 6.07) is 10.4. The lowest BCUT2D eigenvalue weighted by atomic mass is 10.1. The first kappa shape index (κ1) is 20.1. The molecule has 1 aromatic carbocycles. The molecule has 0 spiro atoms. The van der Waals surface area contributed by atoms with Crippen molar-refractivity contribution in [3.63, 3.8) is 0 Å². The lowest BCUT2D eigenvalue weighted by Crippen LogP contribution is -2.45. The Bertz CT molecular complexity index is 1170. The van der Waals surface area contributed by atoms with Gasteiger partial charge in [0.05, 0.1) is 30.8 Å². The number of aryl methyl sites for hydroxylation is 1. The van der Waals surface area contributed by atoms with E-state index in [0.717, 1.165) is 41.2 Å².